The first-order chi connectivity index (χ1) is 11.5. The van der Waals surface area contributed by atoms with Crippen molar-refractivity contribution in [3.05, 3.63) is 46.4 Å². The molecule has 5 nitrogen and oxygen atoms in total. The molecule has 0 bridgehead atoms. The van der Waals surface area contributed by atoms with Gasteiger partial charge in [-0.25, -0.2) is 0 Å². The predicted molar refractivity (Wildman–Crippen MR) is 95.3 cm³/mol. The molecule has 2 atom stereocenters. The number of aliphatic hydroxyl groups is 1. The summed E-state index contributed by atoms with van der Waals surface area (Å²) >= 11 is 3.39. The number of hydrogen-bond donors (Lipinski definition) is 1. The molecular formula is C18H21BrO5. The van der Waals surface area contributed by atoms with Crippen LogP contribution in [0.1, 0.15) is 18.6 Å². The molecule has 0 aliphatic rings. The van der Waals surface area contributed by atoms with Gasteiger partial charge in [0, 0.05) is 4.47 Å². The molecule has 2 aromatic carbocycles. The number of halogens is 1. The predicted octanol–water partition coefficient (Wildman–Crippen LogP) is 3.98. The fourth-order valence-electron chi connectivity index (χ4n) is 2.31. The molecule has 0 heterocycles. The molecule has 0 unspecified atom stereocenters. The Bertz CT molecular complexity index is 689. The molecular weight excluding hydrogens is 376 g/mol. The third-order valence-corrected chi connectivity index (χ3v) is 4.13. The van der Waals surface area contributed by atoms with E-state index in [9.17, 15) is 5.11 Å². The van der Waals surface area contributed by atoms with E-state index in [-0.39, 0.29) is 0 Å². The second-order valence-corrected chi connectivity index (χ2v) is 6.09. The first-order valence-electron chi connectivity index (χ1n) is 7.40. The molecule has 0 aliphatic carbocycles. The van der Waals surface area contributed by atoms with Gasteiger partial charge >= 0.3 is 0 Å². The van der Waals surface area contributed by atoms with Crippen molar-refractivity contribution in [3.8, 4) is 23.0 Å². The number of ether oxygens (including phenoxy) is 4. The van der Waals surface area contributed by atoms with Gasteiger partial charge in [0.15, 0.2) is 23.0 Å². The summed E-state index contributed by atoms with van der Waals surface area (Å²) in [5, 5.41) is 10.6. The van der Waals surface area contributed by atoms with Crippen molar-refractivity contribution in [2.24, 2.45) is 0 Å². The van der Waals surface area contributed by atoms with Crippen LogP contribution in [0.25, 0.3) is 0 Å². The van der Waals surface area contributed by atoms with Crippen LogP contribution in [0.3, 0.4) is 0 Å². The smallest absolute Gasteiger partial charge is 0.161 e. The van der Waals surface area contributed by atoms with E-state index in [0.29, 0.717) is 28.6 Å². The van der Waals surface area contributed by atoms with Crippen LogP contribution in [0.2, 0.25) is 0 Å². The molecule has 0 spiro atoms. The number of rotatable bonds is 7. The fraction of sp³-hybridized carbons (Fsp3) is 0.333. The molecule has 2 rings (SSSR count). The average Bonchev–Trinajstić information content (AvgIpc) is 2.61. The largest absolute Gasteiger partial charge is 0.493 e. The van der Waals surface area contributed by atoms with Crippen molar-refractivity contribution >= 4 is 15.9 Å². The van der Waals surface area contributed by atoms with Crippen LogP contribution in [0.5, 0.6) is 23.0 Å². The average molecular weight is 397 g/mol. The van der Waals surface area contributed by atoms with E-state index in [0.717, 1.165) is 4.47 Å². The Morgan fingerprint density at radius 2 is 1.42 bits per heavy atom. The van der Waals surface area contributed by atoms with Crippen LogP contribution in [0, 0.1) is 0 Å². The Morgan fingerprint density at radius 1 is 0.833 bits per heavy atom. The summed E-state index contributed by atoms with van der Waals surface area (Å²) in [7, 11) is 4.70. The molecule has 6 heteroatoms. The maximum atomic E-state index is 10.6. The number of benzene rings is 2. The summed E-state index contributed by atoms with van der Waals surface area (Å²) in [5.74, 6) is 2.32. The van der Waals surface area contributed by atoms with Crippen LogP contribution < -0.4 is 18.9 Å². The summed E-state index contributed by atoms with van der Waals surface area (Å²) in [4.78, 5) is 0. The van der Waals surface area contributed by atoms with Crippen LogP contribution in [-0.2, 0) is 0 Å². The van der Waals surface area contributed by atoms with Crippen LogP contribution in [0.15, 0.2) is 40.9 Å². The van der Waals surface area contributed by atoms with Crippen LogP contribution >= 0.6 is 15.9 Å². The Morgan fingerprint density at radius 3 is 2.04 bits per heavy atom. The van der Waals surface area contributed by atoms with Crippen molar-refractivity contribution < 1.29 is 24.1 Å². The maximum absolute atomic E-state index is 10.6. The van der Waals surface area contributed by atoms with Gasteiger partial charge in [-0.1, -0.05) is 22.0 Å². The van der Waals surface area contributed by atoms with E-state index >= 15 is 0 Å². The third-order valence-electron chi connectivity index (χ3n) is 3.63. The molecule has 0 saturated carbocycles. The van der Waals surface area contributed by atoms with Gasteiger partial charge < -0.3 is 24.1 Å². The quantitative estimate of drug-likeness (QED) is 0.766. The minimum Gasteiger partial charge on any atom is -0.493 e. The Hall–Kier alpha value is -1.92. The highest BCUT2D eigenvalue weighted by atomic mass is 79.9. The third kappa shape index (κ3) is 4.13. The molecule has 0 amide bonds. The lowest BCUT2D eigenvalue weighted by atomic mass is 10.0. The fourth-order valence-corrected chi connectivity index (χ4v) is 2.65. The molecule has 0 aromatic heterocycles. The zero-order chi connectivity index (χ0) is 17.7. The van der Waals surface area contributed by atoms with Gasteiger partial charge in [-0.15, -0.1) is 0 Å². The number of hydrogen-bond acceptors (Lipinski definition) is 5. The van der Waals surface area contributed by atoms with Crippen molar-refractivity contribution in [3.63, 3.8) is 0 Å². The number of aliphatic hydroxyl groups excluding tert-OH is 1. The molecule has 2 aromatic rings. The summed E-state index contributed by atoms with van der Waals surface area (Å²) < 4.78 is 22.5. The highest BCUT2D eigenvalue weighted by molar-refractivity contribution is 9.10. The molecule has 0 radical (unpaired) electrons. The number of methoxy groups -OCH3 is 3. The molecule has 0 saturated heterocycles. The van der Waals surface area contributed by atoms with E-state index in [1.165, 1.54) is 0 Å². The zero-order valence-electron chi connectivity index (χ0n) is 14.1. The van der Waals surface area contributed by atoms with Gasteiger partial charge in [-0.05, 0) is 42.8 Å². The van der Waals surface area contributed by atoms with Crippen LogP contribution in [0.4, 0.5) is 0 Å². The van der Waals surface area contributed by atoms with Gasteiger partial charge in [0.2, 0.25) is 0 Å². The monoisotopic (exact) mass is 396 g/mol. The highest BCUT2D eigenvalue weighted by Gasteiger charge is 2.21. The lowest BCUT2D eigenvalue weighted by Gasteiger charge is -2.22. The SMILES string of the molecule is COc1ccc([C@H](O)[C@@H](C)Oc2ccc(Br)cc2OC)cc1OC. The molecule has 0 fully saturated rings. The first-order valence-corrected chi connectivity index (χ1v) is 8.19. The van der Waals surface area contributed by atoms with E-state index in [2.05, 4.69) is 15.9 Å². The second-order valence-electron chi connectivity index (χ2n) is 5.18. The summed E-state index contributed by atoms with van der Waals surface area (Å²) in [6.07, 6.45) is -1.32. The lowest BCUT2D eigenvalue weighted by molar-refractivity contribution is 0.0450. The highest BCUT2D eigenvalue weighted by Crippen LogP contribution is 2.34. The van der Waals surface area contributed by atoms with Crippen molar-refractivity contribution in [1.82, 2.24) is 0 Å². The van der Waals surface area contributed by atoms with Crippen molar-refractivity contribution in [1.29, 1.82) is 0 Å². The zero-order valence-corrected chi connectivity index (χ0v) is 15.7. The van der Waals surface area contributed by atoms with Crippen LogP contribution in [-0.4, -0.2) is 32.5 Å². The van der Waals surface area contributed by atoms with Gasteiger partial charge in [0.05, 0.1) is 21.3 Å². The molecule has 24 heavy (non-hydrogen) atoms. The normalized spacial score (nSPS) is 13.1. The summed E-state index contributed by atoms with van der Waals surface area (Å²) in [6.45, 7) is 1.79. The van der Waals surface area contributed by atoms with E-state index in [4.69, 9.17) is 18.9 Å². The van der Waals surface area contributed by atoms with Gasteiger partial charge in [-0.3, -0.25) is 0 Å². The summed E-state index contributed by atoms with van der Waals surface area (Å²) in [5.41, 5.74) is 0.677. The Balaban J connectivity index is 2.19. The van der Waals surface area contributed by atoms with E-state index in [1.807, 2.05) is 12.1 Å². The maximum Gasteiger partial charge on any atom is 0.161 e. The Kier molecular flexibility index (Phi) is 6.34. The second kappa shape index (κ2) is 8.26. The first kappa shape index (κ1) is 18.4. The molecule has 130 valence electrons. The minimum atomic E-state index is -0.835. The van der Waals surface area contributed by atoms with Crippen molar-refractivity contribution in [2.45, 2.75) is 19.1 Å². The van der Waals surface area contributed by atoms with Gasteiger partial charge in [0.1, 0.15) is 12.2 Å². The topological polar surface area (TPSA) is 57.2 Å². The standard InChI is InChI=1S/C18H21BrO5/c1-11(24-15-8-6-13(19)10-17(15)23-4)18(20)12-5-7-14(21-2)16(9-12)22-3/h5-11,18,20H,1-4H3/t11-,18-/m1/s1. The van der Waals surface area contributed by atoms with Crippen molar-refractivity contribution in [2.75, 3.05) is 21.3 Å². The van der Waals surface area contributed by atoms with E-state index < -0.39 is 12.2 Å². The Labute approximate surface area is 150 Å². The minimum absolute atomic E-state index is 0.488. The van der Waals surface area contributed by atoms with E-state index in [1.54, 1.807) is 52.5 Å². The van der Waals surface area contributed by atoms with Gasteiger partial charge in [0.25, 0.3) is 0 Å². The summed E-state index contributed by atoms with van der Waals surface area (Å²) in [6, 6.07) is 10.7. The lowest BCUT2D eigenvalue weighted by Crippen LogP contribution is -2.22. The molecule has 1 N–H and O–H groups in total. The van der Waals surface area contributed by atoms with Gasteiger partial charge in [-0.2, -0.15) is 0 Å². The molecule has 0 aliphatic heterocycles.